The highest BCUT2D eigenvalue weighted by Gasteiger charge is 2.17. The molecule has 5 heteroatoms. The molecule has 0 saturated heterocycles. The third-order valence-corrected chi connectivity index (χ3v) is 3.71. The maximum absolute atomic E-state index is 12.6. The van der Waals surface area contributed by atoms with Crippen LogP contribution in [0.3, 0.4) is 0 Å². The van der Waals surface area contributed by atoms with E-state index in [9.17, 15) is 14.7 Å². The Labute approximate surface area is 131 Å². The predicted molar refractivity (Wildman–Crippen MR) is 86.2 cm³/mol. The minimum absolute atomic E-state index is 0.0382. The van der Waals surface area contributed by atoms with E-state index in [1.807, 2.05) is 0 Å². The van der Waals surface area contributed by atoms with E-state index in [-0.39, 0.29) is 22.0 Å². The van der Waals surface area contributed by atoms with Crippen LogP contribution < -0.4 is 10.2 Å². The summed E-state index contributed by atoms with van der Waals surface area (Å²) in [5, 5.41) is 9.56. The van der Waals surface area contributed by atoms with Crippen LogP contribution >= 0.6 is 0 Å². The molecular weight excluding hydrogens is 296 g/mol. The van der Waals surface area contributed by atoms with E-state index in [0.29, 0.717) is 22.6 Å². The highest BCUT2D eigenvalue weighted by Crippen LogP contribution is 2.29. The summed E-state index contributed by atoms with van der Waals surface area (Å²) in [5.41, 5.74) is 0.874. The first-order chi connectivity index (χ1) is 11.0. The van der Waals surface area contributed by atoms with Crippen LogP contribution in [0.2, 0.25) is 0 Å². The number of rotatable bonds is 3. The number of aromatic carboxylic acids is 1. The van der Waals surface area contributed by atoms with Crippen molar-refractivity contribution in [2.45, 2.75) is 6.92 Å². The summed E-state index contributed by atoms with van der Waals surface area (Å²) < 4.78 is 11.0. The Kier molecular flexibility index (Phi) is 3.62. The number of para-hydroxylation sites is 1. The Balaban J connectivity index is 2.38. The first-order valence-corrected chi connectivity index (χ1v) is 6.97. The molecule has 1 N–H and O–H groups in total. The molecule has 3 rings (SSSR count). The molecule has 0 aliphatic rings. The van der Waals surface area contributed by atoms with Gasteiger partial charge in [-0.2, -0.15) is 0 Å². The summed E-state index contributed by atoms with van der Waals surface area (Å²) in [6.07, 6.45) is 0. The Morgan fingerprint density at radius 2 is 1.91 bits per heavy atom. The van der Waals surface area contributed by atoms with Crippen LogP contribution in [-0.2, 0) is 0 Å². The molecule has 0 unspecified atom stereocenters. The maximum Gasteiger partial charge on any atom is 0.339 e. The Hall–Kier alpha value is -3.08. The summed E-state index contributed by atoms with van der Waals surface area (Å²) in [6, 6.07) is 11.6. The van der Waals surface area contributed by atoms with E-state index in [4.69, 9.17) is 9.15 Å². The third-order valence-electron chi connectivity index (χ3n) is 3.71. The van der Waals surface area contributed by atoms with Gasteiger partial charge in [-0.25, -0.2) is 4.79 Å². The molecule has 3 aromatic rings. The topological polar surface area (TPSA) is 76.7 Å². The van der Waals surface area contributed by atoms with Crippen LogP contribution in [0.15, 0.2) is 51.7 Å². The second kappa shape index (κ2) is 5.61. The van der Waals surface area contributed by atoms with Crippen LogP contribution in [0.5, 0.6) is 5.75 Å². The molecular formula is C18H14O5. The van der Waals surface area contributed by atoms with E-state index in [0.717, 1.165) is 0 Å². The van der Waals surface area contributed by atoms with Crippen LogP contribution in [0, 0.1) is 6.92 Å². The summed E-state index contributed by atoms with van der Waals surface area (Å²) in [7, 11) is 1.55. The van der Waals surface area contributed by atoms with E-state index in [1.54, 1.807) is 44.4 Å². The fraction of sp³-hybridized carbons (Fsp3) is 0.111. The Morgan fingerprint density at radius 1 is 1.17 bits per heavy atom. The zero-order valence-corrected chi connectivity index (χ0v) is 12.6. The molecule has 0 aliphatic carbocycles. The van der Waals surface area contributed by atoms with Gasteiger partial charge in [0, 0.05) is 11.1 Å². The maximum atomic E-state index is 12.6. The van der Waals surface area contributed by atoms with Crippen molar-refractivity contribution in [2.24, 2.45) is 0 Å². The monoisotopic (exact) mass is 310 g/mol. The first kappa shape index (κ1) is 14.8. The lowest BCUT2D eigenvalue weighted by Crippen LogP contribution is -2.09. The Morgan fingerprint density at radius 3 is 2.61 bits per heavy atom. The van der Waals surface area contributed by atoms with Gasteiger partial charge in [-0.1, -0.05) is 18.2 Å². The average molecular weight is 310 g/mol. The van der Waals surface area contributed by atoms with Crippen molar-refractivity contribution in [1.29, 1.82) is 0 Å². The van der Waals surface area contributed by atoms with Gasteiger partial charge in [-0.05, 0) is 31.2 Å². The molecule has 0 radical (unpaired) electrons. The fourth-order valence-electron chi connectivity index (χ4n) is 2.52. The molecule has 0 aliphatic heterocycles. The summed E-state index contributed by atoms with van der Waals surface area (Å²) in [5.74, 6) is -0.175. The van der Waals surface area contributed by atoms with Gasteiger partial charge < -0.3 is 14.3 Å². The molecule has 0 amide bonds. The van der Waals surface area contributed by atoms with Crippen LogP contribution in [-0.4, -0.2) is 18.2 Å². The molecule has 2 aromatic carbocycles. The van der Waals surface area contributed by atoms with Gasteiger partial charge in [0.2, 0.25) is 0 Å². The number of fused-ring (bicyclic) bond motifs is 1. The minimum Gasteiger partial charge on any atom is -0.497 e. The van der Waals surface area contributed by atoms with Crippen molar-refractivity contribution in [3.8, 4) is 17.1 Å². The lowest BCUT2D eigenvalue weighted by atomic mass is 10.0. The standard InChI is InChI=1S/C18H14O5/c1-10-15(19)13-7-4-8-14(18(20)21)17(13)23-16(10)11-5-3-6-12(9-11)22-2/h3-9H,1-2H3,(H,20,21). The van der Waals surface area contributed by atoms with Gasteiger partial charge in [-0.15, -0.1) is 0 Å². The lowest BCUT2D eigenvalue weighted by Gasteiger charge is -2.09. The van der Waals surface area contributed by atoms with E-state index < -0.39 is 5.97 Å². The smallest absolute Gasteiger partial charge is 0.339 e. The van der Waals surface area contributed by atoms with Gasteiger partial charge >= 0.3 is 5.97 Å². The fourth-order valence-corrected chi connectivity index (χ4v) is 2.52. The second-order valence-electron chi connectivity index (χ2n) is 5.10. The molecule has 23 heavy (non-hydrogen) atoms. The molecule has 1 heterocycles. The average Bonchev–Trinajstić information content (AvgIpc) is 2.57. The Bertz CT molecular complexity index is 969. The number of carbonyl (C=O) groups is 1. The van der Waals surface area contributed by atoms with E-state index >= 15 is 0 Å². The van der Waals surface area contributed by atoms with Gasteiger partial charge in [0.15, 0.2) is 11.0 Å². The minimum atomic E-state index is -1.14. The van der Waals surface area contributed by atoms with Crippen LogP contribution in [0.4, 0.5) is 0 Å². The quantitative estimate of drug-likeness (QED) is 0.801. The van der Waals surface area contributed by atoms with Gasteiger partial charge in [0.25, 0.3) is 0 Å². The largest absolute Gasteiger partial charge is 0.497 e. The summed E-state index contributed by atoms with van der Waals surface area (Å²) in [6.45, 7) is 1.66. The normalized spacial score (nSPS) is 10.7. The van der Waals surface area contributed by atoms with Gasteiger partial charge in [0.05, 0.1) is 12.5 Å². The molecule has 116 valence electrons. The summed E-state index contributed by atoms with van der Waals surface area (Å²) in [4.78, 5) is 23.9. The zero-order valence-electron chi connectivity index (χ0n) is 12.6. The SMILES string of the molecule is COc1cccc(-c2oc3c(C(=O)O)cccc3c(=O)c2C)c1. The molecule has 0 saturated carbocycles. The molecule has 1 aromatic heterocycles. The van der Waals surface area contributed by atoms with E-state index in [2.05, 4.69) is 0 Å². The molecule has 5 nitrogen and oxygen atoms in total. The highest BCUT2D eigenvalue weighted by atomic mass is 16.5. The van der Waals surface area contributed by atoms with Crippen molar-refractivity contribution in [1.82, 2.24) is 0 Å². The zero-order chi connectivity index (χ0) is 16.6. The van der Waals surface area contributed by atoms with Crippen molar-refractivity contribution >= 4 is 16.9 Å². The molecule has 0 spiro atoms. The van der Waals surface area contributed by atoms with Crippen LogP contribution in [0.25, 0.3) is 22.3 Å². The van der Waals surface area contributed by atoms with Crippen molar-refractivity contribution in [2.75, 3.05) is 7.11 Å². The number of hydrogen-bond donors (Lipinski definition) is 1. The van der Waals surface area contributed by atoms with Crippen molar-refractivity contribution < 1.29 is 19.1 Å². The molecule has 0 atom stereocenters. The number of carboxylic acids is 1. The highest BCUT2D eigenvalue weighted by molar-refractivity contribution is 6.01. The summed E-state index contributed by atoms with van der Waals surface area (Å²) >= 11 is 0. The number of hydrogen-bond acceptors (Lipinski definition) is 4. The number of carboxylic acid groups (broad SMARTS) is 1. The van der Waals surface area contributed by atoms with Gasteiger partial charge in [-0.3, -0.25) is 4.79 Å². The number of methoxy groups -OCH3 is 1. The second-order valence-corrected chi connectivity index (χ2v) is 5.10. The van der Waals surface area contributed by atoms with Crippen LogP contribution in [0.1, 0.15) is 15.9 Å². The van der Waals surface area contributed by atoms with Gasteiger partial charge in [0.1, 0.15) is 17.1 Å². The number of ether oxygens (including phenoxy) is 1. The first-order valence-electron chi connectivity index (χ1n) is 6.97. The third kappa shape index (κ3) is 2.46. The van der Waals surface area contributed by atoms with E-state index in [1.165, 1.54) is 12.1 Å². The van der Waals surface area contributed by atoms with Crippen molar-refractivity contribution in [3.05, 3.63) is 63.8 Å². The predicted octanol–water partition coefficient (Wildman–Crippen LogP) is 3.48. The van der Waals surface area contributed by atoms with Crippen molar-refractivity contribution in [3.63, 3.8) is 0 Å². The number of benzene rings is 2. The molecule has 0 bridgehead atoms. The molecule has 0 fully saturated rings. The lowest BCUT2D eigenvalue weighted by molar-refractivity contribution is 0.0698.